The molecular formula is C18H14NO3. The maximum absolute atomic E-state index is 11.6. The maximum Gasteiger partial charge on any atom is 0.416 e. The van der Waals surface area contributed by atoms with Crippen molar-refractivity contribution in [2.75, 3.05) is 4.90 Å². The van der Waals surface area contributed by atoms with Crippen molar-refractivity contribution in [3.63, 3.8) is 0 Å². The van der Waals surface area contributed by atoms with Crippen LogP contribution in [0.5, 0.6) is 5.75 Å². The van der Waals surface area contributed by atoms with Gasteiger partial charge in [0.1, 0.15) is 5.75 Å². The van der Waals surface area contributed by atoms with Gasteiger partial charge in [0, 0.05) is 0 Å². The number of aromatic hydroxyl groups is 1. The lowest BCUT2D eigenvalue weighted by atomic mass is 10.1. The number of rotatable bonds is 2. The summed E-state index contributed by atoms with van der Waals surface area (Å²) in [4.78, 5) is 12.9. The molecule has 1 radical (unpaired) electrons. The van der Waals surface area contributed by atoms with E-state index in [0.29, 0.717) is 11.4 Å². The highest BCUT2D eigenvalue weighted by molar-refractivity contribution is 5.98. The minimum atomic E-state index is -1.06. The zero-order valence-electron chi connectivity index (χ0n) is 11.7. The molecule has 4 heteroatoms. The molecule has 0 unspecified atom stereocenters. The highest BCUT2D eigenvalue weighted by Crippen LogP contribution is 2.30. The summed E-state index contributed by atoms with van der Waals surface area (Å²) < 4.78 is 0. The minimum Gasteiger partial charge on any atom is -0.508 e. The second-order valence-corrected chi connectivity index (χ2v) is 5.00. The van der Waals surface area contributed by atoms with Crippen molar-refractivity contribution in [1.82, 2.24) is 0 Å². The van der Waals surface area contributed by atoms with Gasteiger partial charge >= 0.3 is 6.09 Å². The molecule has 0 spiro atoms. The van der Waals surface area contributed by atoms with Crippen LogP contribution >= 0.6 is 0 Å². The Hall–Kier alpha value is -3.01. The van der Waals surface area contributed by atoms with Crippen LogP contribution in [0, 0.1) is 6.92 Å². The average molecular weight is 292 g/mol. The number of amides is 1. The normalized spacial score (nSPS) is 10.6. The third kappa shape index (κ3) is 2.59. The van der Waals surface area contributed by atoms with E-state index in [1.807, 2.05) is 0 Å². The largest absolute Gasteiger partial charge is 0.508 e. The summed E-state index contributed by atoms with van der Waals surface area (Å²) in [7, 11) is 0. The molecule has 0 aromatic heterocycles. The Kier molecular flexibility index (Phi) is 3.43. The molecule has 109 valence electrons. The molecule has 22 heavy (non-hydrogen) atoms. The second kappa shape index (κ2) is 5.41. The van der Waals surface area contributed by atoms with Gasteiger partial charge in [-0.15, -0.1) is 0 Å². The first-order chi connectivity index (χ1) is 10.5. The van der Waals surface area contributed by atoms with E-state index in [0.717, 1.165) is 16.3 Å². The Balaban J connectivity index is 2.10. The molecule has 0 heterocycles. The van der Waals surface area contributed by atoms with Crippen molar-refractivity contribution < 1.29 is 15.0 Å². The van der Waals surface area contributed by atoms with Gasteiger partial charge in [0.25, 0.3) is 0 Å². The van der Waals surface area contributed by atoms with Crippen LogP contribution in [0.3, 0.4) is 0 Å². The van der Waals surface area contributed by atoms with E-state index in [1.54, 1.807) is 60.7 Å². The summed E-state index contributed by atoms with van der Waals surface area (Å²) in [6, 6.07) is 17.2. The maximum atomic E-state index is 11.6. The van der Waals surface area contributed by atoms with E-state index in [2.05, 4.69) is 6.92 Å². The highest BCUT2D eigenvalue weighted by atomic mass is 16.4. The van der Waals surface area contributed by atoms with Crippen molar-refractivity contribution >= 4 is 28.2 Å². The molecular weight excluding hydrogens is 278 g/mol. The molecule has 0 aliphatic heterocycles. The number of phenols is 1. The monoisotopic (exact) mass is 292 g/mol. The molecule has 0 aliphatic rings. The average Bonchev–Trinajstić information content (AvgIpc) is 2.49. The van der Waals surface area contributed by atoms with Gasteiger partial charge in [0.2, 0.25) is 0 Å². The van der Waals surface area contributed by atoms with E-state index >= 15 is 0 Å². The predicted molar refractivity (Wildman–Crippen MR) is 86.7 cm³/mol. The molecule has 2 N–H and O–H groups in total. The minimum absolute atomic E-state index is 0.182. The van der Waals surface area contributed by atoms with Crippen molar-refractivity contribution in [1.29, 1.82) is 0 Å². The van der Waals surface area contributed by atoms with E-state index in [-0.39, 0.29) is 5.75 Å². The number of nitrogens with zero attached hydrogens (tertiary/aromatic N) is 1. The fourth-order valence-electron chi connectivity index (χ4n) is 2.37. The Labute approximate surface area is 127 Å². The molecule has 0 saturated carbocycles. The summed E-state index contributed by atoms with van der Waals surface area (Å²) >= 11 is 0. The van der Waals surface area contributed by atoms with Gasteiger partial charge in [-0.2, -0.15) is 0 Å². The number of fused-ring (bicyclic) bond motifs is 1. The molecule has 3 aromatic rings. The van der Waals surface area contributed by atoms with Crippen LogP contribution in [0.2, 0.25) is 0 Å². The van der Waals surface area contributed by atoms with Gasteiger partial charge in [0.05, 0.1) is 11.4 Å². The van der Waals surface area contributed by atoms with Crippen molar-refractivity contribution in [2.45, 2.75) is 0 Å². The number of phenolic OH excluding ortho intramolecular Hbond substituents is 1. The van der Waals surface area contributed by atoms with Gasteiger partial charge in [-0.1, -0.05) is 24.3 Å². The van der Waals surface area contributed by atoms with Crippen molar-refractivity contribution in [3.05, 3.63) is 73.2 Å². The smallest absolute Gasteiger partial charge is 0.416 e. The summed E-state index contributed by atoms with van der Waals surface area (Å²) in [5.74, 6) is 0.182. The molecule has 3 rings (SSSR count). The third-order valence-corrected chi connectivity index (χ3v) is 3.45. The van der Waals surface area contributed by atoms with Gasteiger partial charge < -0.3 is 10.2 Å². The molecule has 3 aromatic carbocycles. The predicted octanol–water partition coefficient (Wildman–Crippen LogP) is 4.54. The SMILES string of the molecule is [CH2]c1ccc(N(C(=O)O)c2ccc3cc(O)ccc3c2)cc1. The first-order valence-electron chi connectivity index (χ1n) is 6.72. The fraction of sp³-hybridized carbons (Fsp3) is 0. The molecule has 0 saturated heterocycles. The zero-order valence-corrected chi connectivity index (χ0v) is 11.7. The zero-order chi connectivity index (χ0) is 15.7. The first-order valence-corrected chi connectivity index (χ1v) is 6.72. The van der Waals surface area contributed by atoms with Crippen LogP contribution < -0.4 is 4.90 Å². The van der Waals surface area contributed by atoms with Crippen LogP contribution in [0.1, 0.15) is 5.56 Å². The van der Waals surface area contributed by atoms with Crippen LogP contribution in [-0.4, -0.2) is 16.3 Å². The van der Waals surface area contributed by atoms with E-state index in [9.17, 15) is 15.0 Å². The standard InChI is InChI=1S/C18H14NO3/c1-12-2-6-15(7-3-12)19(18(21)22)16-8-4-14-11-17(20)9-5-13(14)10-16/h2-11,20H,1H2,(H,21,22). The fourth-order valence-corrected chi connectivity index (χ4v) is 2.37. The van der Waals surface area contributed by atoms with Crippen molar-refractivity contribution in [2.24, 2.45) is 0 Å². The summed E-state index contributed by atoms with van der Waals surface area (Å²) in [5, 5.41) is 20.7. The lowest BCUT2D eigenvalue weighted by Gasteiger charge is -2.20. The van der Waals surface area contributed by atoms with E-state index in [1.165, 1.54) is 4.90 Å². The molecule has 0 fully saturated rings. The van der Waals surface area contributed by atoms with Crippen LogP contribution in [0.15, 0.2) is 60.7 Å². The molecule has 4 nitrogen and oxygen atoms in total. The van der Waals surface area contributed by atoms with Crippen LogP contribution in [-0.2, 0) is 0 Å². The lowest BCUT2D eigenvalue weighted by Crippen LogP contribution is -2.23. The molecule has 0 bridgehead atoms. The van der Waals surface area contributed by atoms with Crippen LogP contribution in [0.25, 0.3) is 10.8 Å². The highest BCUT2D eigenvalue weighted by Gasteiger charge is 2.17. The van der Waals surface area contributed by atoms with Gasteiger partial charge in [-0.25, -0.2) is 9.69 Å². The van der Waals surface area contributed by atoms with Crippen LogP contribution in [0.4, 0.5) is 16.2 Å². The number of hydrogen-bond acceptors (Lipinski definition) is 2. The Morgan fingerprint density at radius 2 is 1.45 bits per heavy atom. The van der Waals surface area contributed by atoms with E-state index in [4.69, 9.17) is 0 Å². The van der Waals surface area contributed by atoms with Gasteiger partial charge in [-0.05, 0) is 59.7 Å². The summed E-state index contributed by atoms with van der Waals surface area (Å²) in [6.07, 6.45) is -1.06. The van der Waals surface area contributed by atoms with Crippen molar-refractivity contribution in [3.8, 4) is 5.75 Å². The Bertz CT molecular complexity index is 841. The number of anilines is 2. The Morgan fingerprint density at radius 1 is 0.864 bits per heavy atom. The third-order valence-electron chi connectivity index (χ3n) is 3.45. The van der Waals surface area contributed by atoms with E-state index < -0.39 is 6.09 Å². The molecule has 1 amide bonds. The molecule has 0 aliphatic carbocycles. The molecule has 0 atom stereocenters. The second-order valence-electron chi connectivity index (χ2n) is 5.00. The quantitative estimate of drug-likeness (QED) is 0.728. The topological polar surface area (TPSA) is 60.8 Å². The first kappa shape index (κ1) is 13.9. The number of carbonyl (C=O) groups is 1. The van der Waals surface area contributed by atoms with Gasteiger partial charge in [0.15, 0.2) is 0 Å². The lowest BCUT2D eigenvalue weighted by molar-refractivity contribution is 0.205. The number of carboxylic acid groups (broad SMARTS) is 1. The van der Waals surface area contributed by atoms with Gasteiger partial charge in [-0.3, -0.25) is 0 Å². The summed E-state index contributed by atoms with van der Waals surface area (Å²) in [6.45, 7) is 3.80. The summed E-state index contributed by atoms with van der Waals surface area (Å²) in [5.41, 5.74) is 1.92. The number of hydrogen-bond donors (Lipinski definition) is 2. The number of benzene rings is 3. The Morgan fingerprint density at radius 3 is 2.14 bits per heavy atom.